The monoisotopic (exact) mass is 449 g/mol. The van der Waals surface area contributed by atoms with Crippen molar-refractivity contribution in [2.75, 3.05) is 31.6 Å². The number of aromatic nitrogens is 2. The molecule has 0 radical (unpaired) electrons. The summed E-state index contributed by atoms with van der Waals surface area (Å²) >= 11 is 0. The summed E-state index contributed by atoms with van der Waals surface area (Å²) in [5.74, 6) is -0.265. The number of anilines is 1. The highest BCUT2D eigenvalue weighted by Gasteiger charge is 2.32. The van der Waals surface area contributed by atoms with E-state index in [4.69, 9.17) is 4.74 Å². The summed E-state index contributed by atoms with van der Waals surface area (Å²) in [6.45, 7) is 6.40. The molecular formula is C25H28FN5O2. The lowest BCUT2D eigenvalue weighted by Crippen LogP contribution is -2.57. The number of pyridine rings is 2. The topological polar surface area (TPSA) is 74.4 Å². The molecule has 33 heavy (non-hydrogen) atoms. The molecule has 3 atom stereocenters. The minimum absolute atomic E-state index is 0.106. The van der Waals surface area contributed by atoms with Crippen LogP contribution in [0.15, 0.2) is 47.3 Å². The molecule has 172 valence electrons. The smallest absolute Gasteiger partial charge is 0.252 e. The van der Waals surface area contributed by atoms with Crippen molar-refractivity contribution in [3.05, 3.63) is 69.9 Å². The van der Waals surface area contributed by atoms with Gasteiger partial charge in [-0.05, 0) is 43.7 Å². The Morgan fingerprint density at radius 3 is 2.58 bits per heavy atom. The number of hydrogen-bond donors (Lipinski definition) is 0. The molecule has 1 aromatic carbocycles. The zero-order valence-electron chi connectivity index (χ0n) is 19.3. The highest BCUT2D eigenvalue weighted by molar-refractivity contribution is 5.89. The lowest BCUT2D eigenvalue weighted by atomic mass is 10.0. The van der Waals surface area contributed by atoms with Crippen molar-refractivity contribution < 1.29 is 9.13 Å². The summed E-state index contributed by atoms with van der Waals surface area (Å²) in [5, 5.41) is 9.33. The molecule has 0 saturated carbocycles. The highest BCUT2D eigenvalue weighted by atomic mass is 19.1. The van der Waals surface area contributed by atoms with Crippen molar-refractivity contribution in [1.29, 1.82) is 5.26 Å². The average Bonchev–Trinajstić information content (AvgIpc) is 2.82. The fraction of sp³-hybridized carbons (Fsp3) is 0.400. The van der Waals surface area contributed by atoms with Crippen LogP contribution in [0.3, 0.4) is 0 Å². The quantitative estimate of drug-likeness (QED) is 0.596. The molecule has 4 rings (SSSR count). The lowest BCUT2D eigenvalue weighted by molar-refractivity contribution is 0.0412. The van der Waals surface area contributed by atoms with Gasteiger partial charge in [-0.2, -0.15) is 5.26 Å². The summed E-state index contributed by atoms with van der Waals surface area (Å²) in [6.07, 6.45) is -0.170. The van der Waals surface area contributed by atoms with Gasteiger partial charge in [0.15, 0.2) is 0 Å². The van der Waals surface area contributed by atoms with Crippen LogP contribution in [0.25, 0.3) is 11.0 Å². The molecule has 1 aliphatic rings. The second-order valence-corrected chi connectivity index (χ2v) is 8.68. The number of benzene rings is 1. The molecule has 1 aliphatic heterocycles. The van der Waals surface area contributed by atoms with Crippen molar-refractivity contribution in [2.24, 2.45) is 7.05 Å². The number of nitriles is 1. The third-order valence-electron chi connectivity index (χ3n) is 6.53. The third kappa shape index (κ3) is 4.47. The van der Waals surface area contributed by atoms with E-state index in [1.165, 1.54) is 12.1 Å². The van der Waals surface area contributed by atoms with Gasteiger partial charge in [-0.3, -0.25) is 9.69 Å². The summed E-state index contributed by atoms with van der Waals surface area (Å²) < 4.78 is 20.6. The van der Waals surface area contributed by atoms with Crippen LogP contribution in [0.1, 0.15) is 31.2 Å². The molecule has 1 saturated heterocycles. The predicted molar refractivity (Wildman–Crippen MR) is 126 cm³/mol. The zero-order valence-corrected chi connectivity index (χ0v) is 19.3. The second kappa shape index (κ2) is 9.30. The molecule has 7 nitrogen and oxygen atoms in total. The van der Waals surface area contributed by atoms with Crippen LogP contribution in [-0.4, -0.2) is 53.3 Å². The Balaban J connectivity index is 1.61. The summed E-state index contributed by atoms with van der Waals surface area (Å²) in [7, 11) is 3.38. The van der Waals surface area contributed by atoms with Gasteiger partial charge in [-0.15, -0.1) is 0 Å². The van der Waals surface area contributed by atoms with Crippen molar-refractivity contribution >= 4 is 16.7 Å². The lowest BCUT2D eigenvalue weighted by Gasteiger charge is -2.46. The highest BCUT2D eigenvalue weighted by Crippen LogP contribution is 2.30. The molecule has 8 heteroatoms. The fourth-order valence-electron chi connectivity index (χ4n) is 4.59. The maximum absolute atomic E-state index is 13.3. The van der Waals surface area contributed by atoms with Gasteiger partial charge in [0.1, 0.15) is 23.1 Å². The Bertz CT molecular complexity index is 1250. The molecule has 3 aromatic rings. The van der Waals surface area contributed by atoms with E-state index in [9.17, 15) is 14.4 Å². The summed E-state index contributed by atoms with van der Waals surface area (Å²) in [5.41, 5.74) is 3.27. The maximum atomic E-state index is 13.3. The Kier molecular flexibility index (Phi) is 6.45. The first-order chi connectivity index (χ1) is 15.8. The van der Waals surface area contributed by atoms with Gasteiger partial charge in [0, 0.05) is 51.9 Å². The van der Waals surface area contributed by atoms with Crippen LogP contribution in [0, 0.1) is 17.1 Å². The molecule has 0 N–H and O–H groups in total. The number of nitrogens with zero attached hydrogens (tertiary/aromatic N) is 5. The van der Waals surface area contributed by atoms with E-state index >= 15 is 0 Å². The first-order valence-corrected chi connectivity index (χ1v) is 11.0. The molecule has 0 bridgehead atoms. The Labute approximate surface area is 192 Å². The van der Waals surface area contributed by atoms with Crippen LogP contribution < -0.4 is 10.5 Å². The van der Waals surface area contributed by atoms with E-state index in [0.717, 1.165) is 17.8 Å². The summed E-state index contributed by atoms with van der Waals surface area (Å²) in [4.78, 5) is 21.8. The number of hydrogen-bond acceptors (Lipinski definition) is 6. The van der Waals surface area contributed by atoms with Gasteiger partial charge >= 0.3 is 0 Å². The molecule has 3 heterocycles. The van der Waals surface area contributed by atoms with Gasteiger partial charge in [0.2, 0.25) is 0 Å². The van der Waals surface area contributed by atoms with Gasteiger partial charge in [0.25, 0.3) is 5.56 Å². The average molecular weight is 450 g/mol. The van der Waals surface area contributed by atoms with Crippen LogP contribution in [-0.2, 0) is 11.8 Å². The van der Waals surface area contributed by atoms with Crippen molar-refractivity contribution in [1.82, 2.24) is 14.5 Å². The minimum atomic E-state index is -0.265. The minimum Gasteiger partial charge on any atom is -0.375 e. The number of rotatable bonds is 5. The molecular weight excluding hydrogens is 421 g/mol. The van der Waals surface area contributed by atoms with Gasteiger partial charge in [0.05, 0.1) is 17.3 Å². The molecule has 1 fully saturated rings. The number of halogens is 1. The van der Waals surface area contributed by atoms with Gasteiger partial charge < -0.3 is 14.2 Å². The number of aryl methyl sites for hydroxylation is 1. The maximum Gasteiger partial charge on any atom is 0.252 e. The van der Waals surface area contributed by atoms with Gasteiger partial charge in [-0.25, -0.2) is 9.37 Å². The predicted octanol–water partition coefficient (Wildman–Crippen LogP) is 3.23. The van der Waals surface area contributed by atoms with E-state index in [1.54, 1.807) is 49.1 Å². The largest absolute Gasteiger partial charge is 0.375 e. The molecule has 0 aliphatic carbocycles. The third-order valence-corrected chi connectivity index (χ3v) is 6.53. The normalized spacial score (nSPS) is 20.1. The van der Waals surface area contributed by atoms with Crippen LogP contribution in [0.2, 0.25) is 0 Å². The Morgan fingerprint density at radius 2 is 1.91 bits per heavy atom. The van der Waals surface area contributed by atoms with E-state index in [0.29, 0.717) is 29.8 Å². The molecule has 2 aromatic heterocycles. The van der Waals surface area contributed by atoms with Crippen LogP contribution in [0.5, 0.6) is 0 Å². The number of ether oxygens (including phenoxy) is 1. The second-order valence-electron chi connectivity index (χ2n) is 8.68. The number of piperazine rings is 1. The Hall–Kier alpha value is -3.28. The SMILES string of the molecule is COC(CN1C[C@H](C)N(c2cc(=O)n(C)c3ccc(C#N)nc23)C[C@H]1C)c1ccc(F)cc1. The van der Waals surface area contributed by atoms with Crippen LogP contribution in [0.4, 0.5) is 10.1 Å². The van der Waals surface area contributed by atoms with Crippen molar-refractivity contribution in [3.63, 3.8) is 0 Å². The van der Waals surface area contributed by atoms with E-state index < -0.39 is 0 Å². The van der Waals surface area contributed by atoms with Crippen molar-refractivity contribution in [3.8, 4) is 6.07 Å². The molecule has 1 unspecified atom stereocenters. The summed E-state index contributed by atoms with van der Waals surface area (Å²) in [6, 6.07) is 13.8. The Morgan fingerprint density at radius 1 is 1.18 bits per heavy atom. The van der Waals surface area contributed by atoms with E-state index in [2.05, 4.69) is 34.7 Å². The van der Waals surface area contributed by atoms with E-state index in [1.807, 2.05) is 0 Å². The zero-order chi connectivity index (χ0) is 23.7. The first-order valence-electron chi connectivity index (χ1n) is 11.0. The molecule has 0 amide bonds. The van der Waals surface area contributed by atoms with Crippen LogP contribution >= 0.6 is 0 Å². The number of methoxy groups -OCH3 is 1. The standard InChI is InChI=1S/C25H28FN5O2/c1-16-14-31(22-11-24(32)29(3)21-10-9-20(12-27)28-25(21)22)17(2)13-30(16)15-23(33-4)18-5-7-19(26)8-6-18/h5-11,16-17,23H,13-15H2,1-4H3/t16-,17+,23?/m1/s1. The van der Waals surface area contributed by atoms with E-state index in [-0.39, 0.29) is 29.6 Å². The fourth-order valence-corrected chi connectivity index (χ4v) is 4.59. The number of fused-ring (bicyclic) bond motifs is 1. The van der Waals surface area contributed by atoms with Gasteiger partial charge in [-0.1, -0.05) is 12.1 Å². The first kappa shape index (κ1) is 22.9. The van der Waals surface area contributed by atoms with Crippen molar-refractivity contribution in [2.45, 2.75) is 32.0 Å². The molecule has 0 spiro atoms.